The predicted molar refractivity (Wildman–Crippen MR) is 394 cm³/mol. The summed E-state index contributed by atoms with van der Waals surface area (Å²) in [5.74, 6) is -1.02. The Balaban J connectivity index is 0.000000217. The minimum atomic E-state index is -2.24. The number of hydrogen-bond acceptors (Lipinski definition) is 0. The zero-order chi connectivity index (χ0) is 89.6. The maximum Gasteiger partial charge on any atom is 0.212 e. The Kier molecular flexibility index (Phi) is 14.7. The highest BCUT2D eigenvalue weighted by Crippen LogP contribution is 2.35. The van der Waals surface area contributed by atoms with Crippen LogP contribution in [-0.4, -0.2) is 0 Å². The Morgan fingerprint density at radius 3 is 1.14 bits per heavy atom. The molecule has 4 heterocycles. The van der Waals surface area contributed by atoms with E-state index in [9.17, 15) is 0 Å². The van der Waals surface area contributed by atoms with Crippen molar-refractivity contribution in [2.24, 2.45) is 51.4 Å². The maximum absolute atomic E-state index is 8.90. The highest BCUT2D eigenvalue weighted by molar-refractivity contribution is 5.77. The number of aromatic nitrogens is 4. The quantitative estimate of drug-likeness (QED) is 0.102. The molecule has 0 N–H and O–H groups in total. The minimum absolute atomic E-state index is 0.259. The van der Waals surface area contributed by atoms with Crippen molar-refractivity contribution in [1.82, 2.24) is 0 Å². The van der Waals surface area contributed by atoms with E-state index in [1.165, 1.54) is 0 Å². The van der Waals surface area contributed by atoms with E-state index < -0.39 is 72.0 Å². The van der Waals surface area contributed by atoms with Gasteiger partial charge in [-0.25, -0.2) is 18.3 Å². The van der Waals surface area contributed by atoms with Gasteiger partial charge in [0.15, 0.2) is 24.8 Å². The third-order valence-electron chi connectivity index (χ3n) is 15.5. The Hall–Kier alpha value is -8.08. The molecule has 4 aromatic heterocycles. The van der Waals surface area contributed by atoms with Crippen LogP contribution in [0, 0.1) is 98.9 Å². The highest BCUT2D eigenvalue weighted by atomic mass is 14.9. The Morgan fingerprint density at radius 2 is 0.717 bits per heavy atom. The summed E-state index contributed by atoms with van der Waals surface area (Å²) in [5, 5.41) is 0. The van der Waals surface area contributed by atoms with Gasteiger partial charge < -0.3 is 0 Å². The van der Waals surface area contributed by atoms with Crippen LogP contribution in [0.1, 0.15) is 181 Å². The fourth-order valence-corrected chi connectivity index (χ4v) is 11.1. The Labute approximate surface area is 594 Å². The van der Waals surface area contributed by atoms with Crippen molar-refractivity contribution in [3.05, 3.63) is 260 Å². The average molecular weight is 1250 g/mol. The molecule has 0 fully saturated rings. The lowest BCUT2D eigenvalue weighted by atomic mass is 9.84. The van der Waals surface area contributed by atoms with Gasteiger partial charge in [-0.05, 0) is 227 Å². The van der Waals surface area contributed by atoms with Gasteiger partial charge in [0, 0.05) is 104 Å². The first kappa shape index (κ1) is 42.9. The molecule has 10 rings (SSSR count). The van der Waals surface area contributed by atoms with Crippen LogP contribution in [0.25, 0.3) is 67.3 Å². The molecule has 0 bridgehead atoms. The van der Waals surface area contributed by atoms with Crippen LogP contribution in [0.2, 0.25) is 0 Å². The summed E-state index contributed by atoms with van der Waals surface area (Å²) in [5.41, 5.74) is 15.5. The number of aryl methyl sites for hydroxylation is 15. The molecule has 0 amide bonds. The van der Waals surface area contributed by atoms with Gasteiger partial charge in [-0.3, -0.25) is 0 Å². The third kappa shape index (κ3) is 19.0. The second-order valence-electron chi connectivity index (χ2n) is 26.0. The maximum atomic E-state index is 8.90. The van der Waals surface area contributed by atoms with E-state index in [-0.39, 0.29) is 34.4 Å². The lowest BCUT2D eigenvalue weighted by Gasteiger charge is -2.21. The SMILES string of the molecule is [2H]C([2H])([2H])c1c[n+](C)c(-c2cc(-c3ccccc3)c(C([2H])([2H])[2H])cc2C)cc1C.[2H]C([2H])([2H])c1ccc(-c2cc(-c3ccccc3)c(C([2H])([2H])[2H])cc2C)[n+](C)c1.[2H]C([2H])([2H])c1ccc(-c2cc(C([2H])([2H])C(C)(C)C)c(C([2H])([2H])C(C)C)c[n+]2C)c(C)c1.[2H]C([2H])([2H])c1ccc(-c2cc(C([2H])([2H])C(C)C)c(C([2H])([2H])C(C)C)c[n+]2C)c(C)c1. The van der Waals surface area contributed by atoms with Gasteiger partial charge in [-0.15, -0.1) is 0 Å². The monoisotopic (exact) mass is 1250 g/mol. The fraction of sp³-hybridized carbons (Fsp3) is 0.364. The third-order valence-corrected chi connectivity index (χ3v) is 15.5. The van der Waals surface area contributed by atoms with Crippen molar-refractivity contribution in [3.63, 3.8) is 0 Å². The summed E-state index contributed by atoms with van der Waals surface area (Å²) in [7, 11) is 7.22. The molecule has 0 aliphatic heterocycles. The number of pyridine rings is 4. The lowest BCUT2D eigenvalue weighted by Crippen LogP contribution is -2.33. The molecule has 10 aromatic rings. The molecule has 480 valence electrons. The molecule has 0 saturated heterocycles. The topological polar surface area (TPSA) is 15.5 Å². The summed E-state index contributed by atoms with van der Waals surface area (Å²) < 4.78 is 216. The summed E-state index contributed by atoms with van der Waals surface area (Å²) >= 11 is 0. The molecule has 92 heavy (non-hydrogen) atoms. The first-order valence-corrected chi connectivity index (χ1v) is 31.5. The Bertz CT molecular complexity index is 5250. The van der Waals surface area contributed by atoms with Crippen molar-refractivity contribution in [3.8, 4) is 67.3 Å². The van der Waals surface area contributed by atoms with Crippen LogP contribution in [0.5, 0.6) is 0 Å². The van der Waals surface area contributed by atoms with Crippen molar-refractivity contribution in [2.75, 3.05) is 0 Å². The zero-order valence-electron chi connectivity index (χ0n) is 83.3. The van der Waals surface area contributed by atoms with Crippen molar-refractivity contribution in [1.29, 1.82) is 0 Å². The van der Waals surface area contributed by atoms with Crippen molar-refractivity contribution in [2.45, 2.75) is 164 Å². The molecule has 0 aliphatic rings. The van der Waals surface area contributed by atoms with Crippen LogP contribution in [0.15, 0.2) is 176 Å². The number of rotatable bonds is 13. The number of benzene rings is 6. The second-order valence-corrected chi connectivity index (χ2v) is 26.0. The van der Waals surface area contributed by atoms with Crippen LogP contribution in [0.3, 0.4) is 0 Å². The summed E-state index contributed by atoms with van der Waals surface area (Å²) in [6.45, 7) is 12.2. The standard InChI is InChI=1S/C23H34N.C22H24N.C22H32N.C21H22N/c1-16(2)11-20-15-24(8)22(13-19(20)14-23(5,6)7)21-10-9-17(3)12-18(21)4;1-15-12-22(23(5)14-18(15)4)21-13-20(16(2)11-17(21)3)19-9-7-6-8-10-19;1-15(2)10-19-13-22(21-9-8-17(5)12-18(21)6)23(7)14-20(19)11-16(3)4;1-15-10-11-21(22(4)14-15)20-13-19(16(2)12-17(20)3)18-8-6-5-7-9-18/h9-10,12-13,15-16H,11,14H2,1-8H3;6-14H,1-5H3;8-9,12-16H,10-11H2,1-7H3;5-14H,1-4H3/q4*+1/i3D3,11D2,14D2;2D3,4D3;5D3,10D2,11D2;1D3,2D3. The molecular weight excluding hydrogens is 1110 g/mol. The molecule has 0 radical (unpaired) electrons. The second kappa shape index (κ2) is 31.5. The highest BCUT2D eigenvalue weighted by Gasteiger charge is 2.24. The normalized spacial score (nSPS) is 16.9. The van der Waals surface area contributed by atoms with Crippen LogP contribution in [-0.2, 0) is 53.7 Å². The minimum Gasteiger partial charge on any atom is -0.201 e. The van der Waals surface area contributed by atoms with Gasteiger partial charge in [0.2, 0.25) is 22.8 Å². The number of nitrogens with zero attached hydrogens (tertiary/aromatic N) is 4. The average Bonchev–Trinajstić information content (AvgIpc) is 0.745. The molecule has 4 nitrogen and oxygen atoms in total. The van der Waals surface area contributed by atoms with E-state index in [1.807, 2.05) is 141 Å². The summed E-state index contributed by atoms with van der Waals surface area (Å²) in [4.78, 5) is 0. The molecule has 6 aromatic carbocycles. The zero-order valence-corrected chi connectivity index (χ0v) is 57.3. The van der Waals surface area contributed by atoms with Crippen LogP contribution >= 0.6 is 0 Å². The molecule has 0 spiro atoms. The largest absolute Gasteiger partial charge is 0.212 e. The lowest BCUT2D eigenvalue weighted by molar-refractivity contribution is -0.661. The molecular formula is C88H112N4+4. The van der Waals surface area contributed by atoms with Crippen LogP contribution < -0.4 is 18.3 Å². The van der Waals surface area contributed by atoms with Gasteiger partial charge in [0.05, 0.1) is 0 Å². The predicted octanol–water partition coefficient (Wildman–Crippen LogP) is 20.6. The summed E-state index contributed by atoms with van der Waals surface area (Å²) in [6.07, 6.45) is -0.336. The Morgan fingerprint density at radius 1 is 0.326 bits per heavy atom. The summed E-state index contributed by atoms with van der Waals surface area (Å²) in [6, 6.07) is 44.7. The van der Waals surface area contributed by atoms with Gasteiger partial charge in [-0.2, -0.15) is 0 Å². The van der Waals surface area contributed by atoms with E-state index in [2.05, 4.69) is 0 Å². The first-order valence-electron chi connectivity index (χ1n) is 44.5. The molecule has 0 aliphatic carbocycles. The van der Waals surface area contributed by atoms with E-state index in [0.717, 1.165) is 67.0 Å². The van der Waals surface area contributed by atoms with Gasteiger partial charge in [0.25, 0.3) is 0 Å². The van der Waals surface area contributed by atoms with E-state index in [0.29, 0.717) is 67.0 Å². The first-order chi connectivity index (χ1) is 53.7. The van der Waals surface area contributed by atoms with E-state index in [4.69, 9.17) is 35.6 Å². The smallest absolute Gasteiger partial charge is 0.201 e. The van der Waals surface area contributed by atoms with Gasteiger partial charge in [-0.1, -0.05) is 171 Å². The van der Waals surface area contributed by atoms with Crippen LogP contribution in [0.4, 0.5) is 0 Å². The molecule has 4 heteroatoms. The van der Waals surface area contributed by atoms with Crippen molar-refractivity contribution >= 4 is 0 Å². The molecule has 0 saturated carbocycles. The molecule has 0 unspecified atom stereocenters. The molecule has 0 atom stereocenters. The fourth-order valence-electron chi connectivity index (χ4n) is 11.1. The van der Waals surface area contributed by atoms with Gasteiger partial charge in [0.1, 0.15) is 28.2 Å². The number of hydrogen-bond donors (Lipinski definition) is 0. The van der Waals surface area contributed by atoms with Gasteiger partial charge >= 0.3 is 0 Å². The van der Waals surface area contributed by atoms with Crippen molar-refractivity contribution < 1.29 is 53.9 Å². The van der Waals surface area contributed by atoms with E-state index in [1.54, 1.807) is 178 Å². The van der Waals surface area contributed by atoms with E-state index >= 15 is 0 Å².